The normalized spacial score (nSPS) is 16.8. The maximum Gasteiger partial charge on any atom is 0.416 e. The van der Waals surface area contributed by atoms with Crippen LogP contribution in [0.3, 0.4) is 0 Å². The monoisotopic (exact) mass is 314 g/mol. The van der Waals surface area contributed by atoms with Crippen LogP contribution in [0.1, 0.15) is 26.3 Å². The predicted octanol–water partition coefficient (Wildman–Crippen LogP) is 3.40. The van der Waals surface area contributed by atoms with Gasteiger partial charge in [-0.2, -0.15) is 13.2 Å². The third kappa shape index (κ3) is 3.72. The van der Waals surface area contributed by atoms with Gasteiger partial charge in [0.1, 0.15) is 0 Å². The van der Waals surface area contributed by atoms with Crippen LogP contribution in [0.15, 0.2) is 24.3 Å². The van der Waals surface area contributed by atoms with E-state index >= 15 is 0 Å². The van der Waals surface area contributed by atoms with Crippen molar-refractivity contribution in [3.63, 3.8) is 0 Å². The molecule has 3 nitrogen and oxygen atoms in total. The van der Waals surface area contributed by atoms with Crippen molar-refractivity contribution in [1.82, 2.24) is 4.90 Å². The van der Waals surface area contributed by atoms with Crippen molar-refractivity contribution < 1.29 is 18.0 Å². The van der Waals surface area contributed by atoms with E-state index in [2.05, 4.69) is 0 Å². The van der Waals surface area contributed by atoms with Crippen molar-refractivity contribution in [1.29, 1.82) is 0 Å². The van der Waals surface area contributed by atoms with Crippen molar-refractivity contribution >= 4 is 11.6 Å². The lowest BCUT2D eigenvalue weighted by atomic mass is 9.94. The van der Waals surface area contributed by atoms with E-state index in [0.717, 1.165) is 6.07 Å². The van der Waals surface area contributed by atoms with Crippen LogP contribution in [0.25, 0.3) is 0 Å². The third-order valence-corrected chi connectivity index (χ3v) is 3.75. The van der Waals surface area contributed by atoms with Crippen LogP contribution in [0.5, 0.6) is 0 Å². The number of piperazine rings is 1. The Bertz CT molecular complexity index is 541. The Balaban J connectivity index is 2.05. The number of amides is 1. The molecule has 0 unspecified atom stereocenters. The Morgan fingerprint density at radius 1 is 1.05 bits per heavy atom. The van der Waals surface area contributed by atoms with E-state index in [4.69, 9.17) is 0 Å². The van der Waals surface area contributed by atoms with Crippen molar-refractivity contribution in [2.24, 2.45) is 5.41 Å². The van der Waals surface area contributed by atoms with Crippen molar-refractivity contribution in [2.45, 2.75) is 26.9 Å². The zero-order chi connectivity index (χ0) is 16.5. The smallest absolute Gasteiger partial charge is 0.368 e. The topological polar surface area (TPSA) is 23.6 Å². The minimum Gasteiger partial charge on any atom is -0.368 e. The average Bonchev–Trinajstić information content (AvgIpc) is 2.45. The number of halogens is 3. The van der Waals surface area contributed by atoms with E-state index in [1.165, 1.54) is 12.1 Å². The van der Waals surface area contributed by atoms with Gasteiger partial charge in [-0.3, -0.25) is 4.79 Å². The third-order valence-electron chi connectivity index (χ3n) is 3.75. The Labute approximate surface area is 128 Å². The quantitative estimate of drug-likeness (QED) is 0.793. The largest absolute Gasteiger partial charge is 0.416 e. The molecule has 1 aromatic rings. The average molecular weight is 314 g/mol. The minimum atomic E-state index is -4.33. The first-order valence-electron chi connectivity index (χ1n) is 7.30. The second-order valence-electron chi connectivity index (χ2n) is 6.58. The van der Waals surface area contributed by atoms with Crippen LogP contribution < -0.4 is 4.90 Å². The van der Waals surface area contributed by atoms with Gasteiger partial charge in [-0.25, -0.2) is 0 Å². The zero-order valence-electron chi connectivity index (χ0n) is 13.1. The van der Waals surface area contributed by atoms with E-state index in [1.807, 2.05) is 25.7 Å². The van der Waals surface area contributed by atoms with Gasteiger partial charge >= 0.3 is 6.18 Å². The molecule has 0 saturated carbocycles. The highest BCUT2D eigenvalue weighted by Gasteiger charge is 2.32. The lowest BCUT2D eigenvalue weighted by Gasteiger charge is -2.38. The van der Waals surface area contributed by atoms with E-state index in [0.29, 0.717) is 31.9 Å². The zero-order valence-corrected chi connectivity index (χ0v) is 13.1. The number of carbonyl (C=O) groups is 1. The number of alkyl halides is 3. The standard InChI is InChI=1S/C16H21F3N2O/c1-15(2,3)14(22)21-9-7-20(8-10-21)13-6-4-5-12(11-13)16(17,18)19/h4-6,11H,7-10H2,1-3H3. The van der Waals surface area contributed by atoms with Gasteiger partial charge in [0.2, 0.25) is 5.91 Å². The molecule has 0 aliphatic carbocycles. The van der Waals surface area contributed by atoms with Crippen LogP contribution in [0.4, 0.5) is 18.9 Å². The number of benzene rings is 1. The lowest BCUT2D eigenvalue weighted by Crippen LogP contribution is -2.51. The summed E-state index contributed by atoms with van der Waals surface area (Å²) in [5, 5.41) is 0. The first kappa shape index (κ1) is 16.6. The van der Waals surface area contributed by atoms with Gasteiger partial charge in [-0.1, -0.05) is 26.8 Å². The molecule has 122 valence electrons. The second kappa shape index (κ2) is 5.82. The summed E-state index contributed by atoms with van der Waals surface area (Å²) in [6, 6.07) is 5.34. The van der Waals surface area contributed by atoms with E-state index in [-0.39, 0.29) is 5.91 Å². The number of carbonyl (C=O) groups excluding carboxylic acids is 1. The molecule has 1 saturated heterocycles. The molecule has 0 N–H and O–H groups in total. The number of hydrogen-bond donors (Lipinski definition) is 0. The van der Waals surface area contributed by atoms with E-state index in [1.54, 1.807) is 11.0 Å². The second-order valence-corrected chi connectivity index (χ2v) is 6.58. The molecule has 0 spiro atoms. The fourth-order valence-corrected chi connectivity index (χ4v) is 2.52. The van der Waals surface area contributed by atoms with Crippen LogP contribution >= 0.6 is 0 Å². The van der Waals surface area contributed by atoms with Gasteiger partial charge in [0, 0.05) is 37.3 Å². The number of rotatable bonds is 1. The fourth-order valence-electron chi connectivity index (χ4n) is 2.52. The van der Waals surface area contributed by atoms with Gasteiger partial charge in [-0.05, 0) is 18.2 Å². The first-order chi connectivity index (χ1) is 10.1. The summed E-state index contributed by atoms with van der Waals surface area (Å²) in [6.07, 6.45) is -4.33. The van der Waals surface area contributed by atoms with Gasteiger partial charge in [0.25, 0.3) is 0 Å². The number of anilines is 1. The summed E-state index contributed by atoms with van der Waals surface area (Å²) in [4.78, 5) is 15.9. The maximum absolute atomic E-state index is 12.8. The summed E-state index contributed by atoms with van der Waals surface area (Å²) < 4.78 is 38.3. The Hall–Kier alpha value is -1.72. The number of nitrogens with zero attached hydrogens (tertiary/aromatic N) is 2. The molecule has 1 fully saturated rings. The summed E-state index contributed by atoms with van der Waals surface area (Å²) in [5.74, 6) is 0.0798. The molecule has 1 aliphatic rings. The van der Waals surface area contributed by atoms with Crippen LogP contribution in [-0.4, -0.2) is 37.0 Å². The first-order valence-corrected chi connectivity index (χ1v) is 7.30. The molecule has 0 aromatic heterocycles. The summed E-state index contributed by atoms with van der Waals surface area (Å²) >= 11 is 0. The van der Waals surface area contributed by atoms with Gasteiger partial charge in [0.15, 0.2) is 0 Å². The van der Waals surface area contributed by atoms with Crippen molar-refractivity contribution in [3.8, 4) is 0 Å². The van der Waals surface area contributed by atoms with Gasteiger partial charge in [0.05, 0.1) is 5.56 Å². The van der Waals surface area contributed by atoms with Gasteiger partial charge in [-0.15, -0.1) is 0 Å². The van der Waals surface area contributed by atoms with Gasteiger partial charge < -0.3 is 9.80 Å². The summed E-state index contributed by atoms with van der Waals surface area (Å²) in [5.41, 5.74) is -0.519. The maximum atomic E-state index is 12.8. The Morgan fingerprint density at radius 3 is 2.14 bits per heavy atom. The van der Waals surface area contributed by atoms with E-state index in [9.17, 15) is 18.0 Å². The molecule has 2 rings (SSSR count). The van der Waals surface area contributed by atoms with Crippen LogP contribution in [0.2, 0.25) is 0 Å². The molecule has 1 aromatic carbocycles. The highest BCUT2D eigenvalue weighted by Crippen LogP contribution is 2.32. The Morgan fingerprint density at radius 2 is 1.64 bits per heavy atom. The highest BCUT2D eigenvalue weighted by atomic mass is 19.4. The summed E-state index contributed by atoms with van der Waals surface area (Å²) in [6.45, 7) is 7.77. The molecule has 0 radical (unpaired) electrons. The van der Waals surface area contributed by atoms with Crippen molar-refractivity contribution in [3.05, 3.63) is 29.8 Å². The molecule has 1 heterocycles. The molecule has 6 heteroatoms. The molecule has 0 atom stereocenters. The molecule has 1 aliphatic heterocycles. The lowest BCUT2D eigenvalue weighted by molar-refractivity contribution is -0.139. The van der Waals surface area contributed by atoms with Crippen molar-refractivity contribution in [2.75, 3.05) is 31.1 Å². The molecular weight excluding hydrogens is 293 g/mol. The molecule has 1 amide bonds. The molecule has 22 heavy (non-hydrogen) atoms. The number of hydrogen-bond acceptors (Lipinski definition) is 2. The van der Waals surface area contributed by atoms with Crippen LogP contribution in [-0.2, 0) is 11.0 Å². The SMILES string of the molecule is CC(C)(C)C(=O)N1CCN(c2cccc(C(F)(F)F)c2)CC1. The van der Waals surface area contributed by atoms with E-state index < -0.39 is 17.2 Å². The molecule has 0 bridgehead atoms. The molecular formula is C16H21F3N2O. The highest BCUT2D eigenvalue weighted by molar-refractivity contribution is 5.81. The van der Waals surface area contributed by atoms with Crippen LogP contribution in [0, 0.1) is 5.41 Å². The fraction of sp³-hybridized carbons (Fsp3) is 0.562. The summed E-state index contributed by atoms with van der Waals surface area (Å²) in [7, 11) is 0. The minimum absolute atomic E-state index is 0.0798. The predicted molar refractivity (Wildman–Crippen MR) is 79.7 cm³/mol. The Kier molecular flexibility index (Phi) is 4.40.